The summed E-state index contributed by atoms with van der Waals surface area (Å²) in [6, 6.07) is 13.4. The van der Waals surface area contributed by atoms with E-state index in [1.165, 1.54) is 11.3 Å². The van der Waals surface area contributed by atoms with E-state index in [0.717, 1.165) is 21.6 Å². The molecule has 0 amide bonds. The van der Waals surface area contributed by atoms with Crippen molar-refractivity contribution in [1.82, 2.24) is 24.9 Å². The smallest absolute Gasteiger partial charge is 0.137 e. The van der Waals surface area contributed by atoms with Gasteiger partial charge in [0.25, 0.3) is 0 Å². The Hall–Kier alpha value is -3.49. The number of rotatable bonds is 6. The maximum absolute atomic E-state index is 10.4. The zero-order valence-electron chi connectivity index (χ0n) is 15.2. The second-order valence-electron chi connectivity index (χ2n) is 6.54. The molecule has 5 rings (SSSR count). The standard InChI is InChI=1S/C21H17N5O2S/c27-19(10-20-22-6-7-29-20)18-11-23-21(26-18)13-2-1-3-14(8-13)28-15-4-5-16-17(9-15)25-12-24-16/h1-9,11-12,19,27H,10H2,(H,23,26)(H,24,25). The molecule has 0 saturated heterocycles. The molecule has 2 aromatic carbocycles. The zero-order valence-corrected chi connectivity index (χ0v) is 16.1. The third-order valence-electron chi connectivity index (χ3n) is 4.54. The molecule has 0 aliphatic carbocycles. The second-order valence-corrected chi connectivity index (χ2v) is 7.52. The molecule has 0 radical (unpaired) electrons. The number of aromatic nitrogens is 5. The van der Waals surface area contributed by atoms with Crippen LogP contribution in [0.25, 0.3) is 22.4 Å². The van der Waals surface area contributed by atoms with Crippen LogP contribution in [-0.2, 0) is 6.42 Å². The molecule has 7 nitrogen and oxygen atoms in total. The Labute approximate surface area is 170 Å². The fourth-order valence-electron chi connectivity index (χ4n) is 3.10. The quantitative estimate of drug-likeness (QED) is 0.388. The minimum Gasteiger partial charge on any atom is -0.457 e. The van der Waals surface area contributed by atoms with E-state index in [0.29, 0.717) is 29.4 Å². The summed E-state index contributed by atoms with van der Waals surface area (Å²) in [5.41, 5.74) is 3.34. The number of fused-ring (bicyclic) bond motifs is 1. The van der Waals surface area contributed by atoms with Gasteiger partial charge >= 0.3 is 0 Å². The highest BCUT2D eigenvalue weighted by atomic mass is 32.1. The van der Waals surface area contributed by atoms with Gasteiger partial charge in [-0.1, -0.05) is 12.1 Å². The molecule has 3 aromatic heterocycles. The molecule has 0 fully saturated rings. The van der Waals surface area contributed by atoms with Gasteiger partial charge in [0, 0.05) is 29.6 Å². The fraction of sp³-hybridized carbons (Fsp3) is 0.0952. The maximum Gasteiger partial charge on any atom is 0.137 e. The molecule has 0 aliphatic rings. The van der Waals surface area contributed by atoms with E-state index >= 15 is 0 Å². The summed E-state index contributed by atoms with van der Waals surface area (Å²) in [5, 5.41) is 13.2. The number of benzene rings is 2. The second kappa shape index (κ2) is 7.50. The van der Waals surface area contributed by atoms with Crippen LogP contribution >= 0.6 is 11.3 Å². The van der Waals surface area contributed by atoms with Crippen molar-refractivity contribution in [2.24, 2.45) is 0 Å². The van der Waals surface area contributed by atoms with Crippen LogP contribution in [0.5, 0.6) is 11.5 Å². The highest BCUT2D eigenvalue weighted by Gasteiger charge is 2.14. The topological polar surface area (TPSA) is 99.7 Å². The molecule has 1 atom stereocenters. The Morgan fingerprint density at radius 3 is 2.90 bits per heavy atom. The molecule has 0 aliphatic heterocycles. The summed E-state index contributed by atoms with van der Waals surface area (Å²) < 4.78 is 5.99. The summed E-state index contributed by atoms with van der Waals surface area (Å²) in [7, 11) is 0. The van der Waals surface area contributed by atoms with Gasteiger partial charge in [-0.25, -0.2) is 15.0 Å². The van der Waals surface area contributed by atoms with E-state index < -0.39 is 6.10 Å². The molecule has 0 bridgehead atoms. The molecule has 0 spiro atoms. The van der Waals surface area contributed by atoms with Crippen molar-refractivity contribution < 1.29 is 9.84 Å². The molecule has 5 aromatic rings. The number of ether oxygens (including phenoxy) is 1. The van der Waals surface area contributed by atoms with Gasteiger partial charge in [-0.05, 0) is 24.3 Å². The third kappa shape index (κ3) is 3.75. The number of aliphatic hydroxyl groups is 1. The van der Waals surface area contributed by atoms with E-state index in [-0.39, 0.29) is 0 Å². The van der Waals surface area contributed by atoms with Crippen LogP contribution in [-0.4, -0.2) is 30.0 Å². The van der Waals surface area contributed by atoms with Gasteiger partial charge in [0.15, 0.2) is 0 Å². The lowest BCUT2D eigenvalue weighted by Crippen LogP contribution is -2.01. The summed E-state index contributed by atoms with van der Waals surface area (Å²) in [6.07, 6.45) is 4.83. The van der Waals surface area contributed by atoms with Crippen molar-refractivity contribution >= 4 is 22.4 Å². The number of imidazole rings is 2. The number of H-pyrrole nitrogens is 2. The van der Waals surface area contributed by atoms with E-state index in [1.807, 2.05) is 47.8 Å². The van der Waals surface area contributed by atoms with E-state index in [4.69, 9.17) is 4.74 Å². The molecule has 0 saturated carbocycles. The minimum atomic E-state index is -0.678. The zero-order chi connectivity index (χ0) is 19.6. The average Bonchev–Trinajstić information content (AvgIpc) is 3.49. The number of hydrogen-bond donors (Lipinski definition) is 3. The normalized spacial score (nSPS) is 12.3. The number of nitrogens with zero attached hydrogens (tertiary/aromatic N) is 3. The number of thiazole rings is 1. The Morgan fingerprint density at radius 2 is 2.00 bits per heavy atom. The monoisotopic (exact) mass is 403 g/mol. The van der Waals surface area contributed by atoms with Crippen LogP contribution in [0.3, 0.4) is 0 Å². The molecule has 3 heterocycles. The van der Waals surface area contributed by atoms with Crippen molar-refractivity contribution in [2.45, 2.75) is 12.5 Å². The van der Waals surface area contributed by atoms with Gasteiger partial charge in [0.05, 0.1) is 34.3 Å². The van der Waals surface area contributed by atoms with Crippen molar-refractivity contribution in [1.29, 1.82) is 0 Å². The lowest BCUT2D eigenvalue weighted by molar-refractivity contribution is 0.174. The van der Waals surface area contributed by atoms with Gasteiger partial charge in [0.2, 0.25) is 0 Å². The highest BCUT2D eigenvalue weighted by Crippen LogP contribution is 2.28. The van der Waals surface area contributed by atoms with Gasteiger partial charge in [-0.3, -0.25) is 0 Å². The van der Waals surface area contributed by atoms with Crippen LogP contribution in [0.4, 0.5) is 0 Å². The lowest BCUT2D eigenvalue weighted by atomic mass is 10.2. The number of aromatic amines is 2. The van der Waals surface area contributed by atoms with Crippen LogP contribution < -0.4 is 4.74 Å². The van der Waals surface area contributed by atoms with Gasteiger partial charge in [-0.15, -0.1) is 11.3 Å². The van der Waals surface area contributed by atoms with Crippen LogP contribution in [0.15, 0.2) is 66.6 Å². The van der Waals surface area contributed by atoms with Gasteiger partial charge in [-0.2, -0.15) is 0 Å². The Balaban J connectivity index is 1.34. The van der Waals surface area contributed by atoms with E-state index in [9.17, 15) is 5.11 Å². The fourth-order valence-corrected chi connectivity index (χ4v) is 3.75. The molecular weight excluding hydrogens is 386 g/mol. The average molecular weight is 403 g/mol. The van der Waals surface area contributed by atoms with Crippen molar-refractivity contribution in [3.05, 3.63) is 77.3 Å². The Kier molecular flexibility index (Phi) is 4.55. The first-order valence-electron chi connectivity index (χ1n) is 9.07. The predicted octanol–water partition coefficient (Wildman–Crippen LogP) is 4.48. The Bertz CT molecular complexity index is 1240. The van der Waals surface area contributed by atoms with Crippen LogP contribution in [0.1, 0.15) is 16.8 Å². The molecule has 3 N–H and O–H groups in total. The first kappa shape index (κ1) is 17.6. The van der Waals surface area contributed by atoms with Crippen molar-refractivity contribution in [3.63, 3.8) is 0 Å². The highest BCUT2D eigenvalue weighted by molar-refractivity contribution is 7.09. The maximum atomic E-state index is 10.4. The lowest BCUT2D eigenvalue weighted by Gasteiger charge is -2.07. The van der Waals surface area contributed by atoms with Gasteiger partial charge < -0.3 is 19.8 Å². The Morgan fingerprint density at radius 1 is 1.07 bits per heavy atom. The number of aliphatic hydroxyl groups excluding tert-OH is 1. The SMILES string of the molecule is OC(Cc1nccs1)c1cnc(-c2cccc(Oc3ccc4[nH]cnc4c3)c2)[nH]1. The molecule has 8 heteroatoms. The van der Waals surface area contributed by atoms with Crippen molar-refractivity contribution in [2.75, 3.05) is 0 Å². The molecular formula is C21H17N5O2S. The van der Waals surface area contributed by atoms with Crippen molar-refractivity contribution in [3.8, 4) is 22.9 Å². The van der Waals surface area contributed by atoms with E-state index in [2.05, 4.69) is 24.9 Å². The number of nitrogens with one attached hydrogen (secondary N) is 2. The summed E-state index contributed by atoms with van der Waals surface area (Å²) in [5.74, 6) is 2.07. The largest absolute Gasteiger partial charge is 0.457 e. The predicted molar refractivity (Wildman–Crippen MR) is 111 cm³/mol. The van der Waals surface area contributed by atoms with E-state index in [1.54, 1.807) is 18.7 Å². The number of hydrogen-bond acceptors (Lipinski definition) is 6. The molecule has 144 valence electrons. The summed E-state index contributed by atoms with van der Waals surface area (Å²) in [4.78, 5) is 19.1. The molecule has 29 heavy (non-hydrogen) atoms. The first-order chi connectivity index (χ1) is 14.2. The van der Waals surface area contributed by atoms with Crippen LogP contribution in [0, 0.1) is 0 Å². The summed E-state index contributed by atoms with van der Waals surface area (Å²) >= 11 is 1.52. The first-order valence-corrected chi connectivity index (χ1v) is 9.95. The third-order valence-corrected chi connectivity index (χ3v) is 5.34. The van der Waals surface area contributed by atoms with Crippen LogP contribution in [0.2, 0.25) is 0 Å². The molecule has 1 unspecified atom stereocenters. The van der Waals surface area contributed by atoms with Gasteiger partial charge in [0.1, 0.15) is 23.4 Å². The minimum absolute atomic E-state index is 0.456. The summed E-state index contributed by atoms with van der Waals surface area (Å²) in [6.45, 7) is 0.